The first kappa shape index (κ1) is 15.0. The summed E-state index contributed by atoms with van der Waals surface area (Å²) in [5.74, 6) is 0.523. The van der Waals surface area contributed by atoms with E-state index in [1.165, 1.54) is 11.8 Å². The number of nitrogens with two attached hydrogens (primary N) is 1. The highest BCUT2D eigenvalue weighted by Crippen LogP contribution is 2.17. The summed E-state index contributed by atoms with van der Waals surface area (Å²) >= 11 is 6.39. The summed E-state index contributed by atoms with van der Waals surface area (Å²) < 4.78 is 0. The van der Waals surface area contributed by atoms with Crippen LogP contribution in [-0.2, 0) is 4.79 Å². The number of benzene rings is 1. The monoisotopic (exact) mass is 282 g/mol. The molecule has 0 saturated heterocycles. The predicted molar refractivity (Wildman–Crippen MR) is 80.8 cm³/mol. The molecule has 0 spiro atoms. The number of nitrogens with zero attached hydrogens (tertiary/aromatic N) is 1. The molecular formula is C13H18N2OS2. The van der Waals surface area contributed by atoms with Gasteiger partial charge in [-0.3, -0.25) is 4.79 Å². The molecule has 0 bridgehead atoms. The van der Waals surface area contributed by atoms with Gasteiger partial charge in [0.2, 0.25) is 5.91 Å². The van der Waals surface area contributed by atoms with Crippen LogP contribution < -0.4 is 5.73 Å². The summed E-state index contributed by atoms with van der Waals surface area (Å²) in [6.45, 7) is 1.95. The van der Waals surface area contributed by atoms with Gasteiger partial charge in [-0.15, -0.1) is 11.8 Å². The van der Waals surface area contributed by atoms with E-state index in [0.29, 0.717) is 17.2 Å². The largest absolute Gasteiger partial charge is 0.393 e. The van der Waals surface area contributed by atoms with E-state index < -0.39 is 0 Å². The molecule has 0 heterocycles. The van der Waals surface area contributed by atoms with Crippen LogP contribution in [0.25, 0.3) is 0 Å². The number of amides is 1. The second kappa shape index (κ2) is 7.38. The van der Waals surface area contributed by atoms with E-state index in [4.69, 9.17) is 18.0 Å². The third kappa shape index (κ3) is 5.06. The molecule has 98 valence electrons. The van der Waals surface area contributed by atoms with Gasteiger partial charge in [0.1, 0.15) is 0 Å². The maximum Gasteiger partial charge on any atom is 0.232 e. The van der Waals surface area contributed by atoms with Crippen molar-refractivity contribution >= 4 is 34.9 Å². The van der Waals surface area contributed by atoms with Crippen LogP contribution in [0.4, 0.5) is 0 Å². The lowest BCUT2D eigenvalue weighted by atomic mass is 10.2. The normalized spacial score (nSPS) is 11.9. The Morgan fingerprint density at radius 1 is 1.44 bits per heavy atom. The van der Waals surface area contributed by atoms with Crippen molar-refractivity contribution in [3.05, 3.63) is 30.3 Å². The second-order valence-electron chi connectivity index (χ2n) is 4.13. The number of hydrogen-bond donors (Lipinski definition) is 1. The topological polar surface area (TPSA) is 46.3 Å². The number of rotatable bonds is 6. The summed E-state index contributed by atoms with van der Waals surface area (Å²) in [6, 6.07) is 9.93. The lowest BCUT2D eigenvalue weighted by molar-refractivity contribution is -0.128. The minimum atomic E-state index is 0.0476. The van der Waals surface area contributed by atoms with Crippen molar-refractivity contribution in [3.8, 4) is 0 Å². The van der Waals surface area contributed by atoms with E-state index in [9.17, 15) is 4.79 Å². The van der Waals surface area contributed by atoms with Gasteiger partial charge >= 0.3 is 0 Å². The maximum atomic E-state index is 12.0. The van der Waals surface area contributed by atoms with Crippen LogP contribution in [0.3, 0.4) is 0 Å². The Kier molecular flexibility index (Phi) is 6.15. The molecule has 3 nitrogen and oxygen atoms in total. The van der Waals surface area contributed by atoms with E-state index in [0.717, 1.165) is 4.90 Å². The van der Waals surface area contributed by atoms with Gasteiger partial charge < -0.3 is 10.6 Å². The number of hydrogen-bond acceptors (Lipinski definition) is 3. The van der Waals surface area contributed by atoms with Crippen LogP contribution in [0.1, 0.15) is 13.3 Å². The molecule has 1 aromatic carbocycles. The molecule has 0 aliphatic carbocycles. The molecule has 18 heavy (non-hydrogen) atoms. The molecule has 1 unspecified atom stereocenters. The lowest BCUT2D eigenvalue weighted by Crippen LogP contribution is -2.38. The molecule has 0 radical (unpaired) electrons. The number of thioether (sulfide) groups is 1. The fraction of sp³-hybridized carbons (Fsp3) is 0.385. The van der Waals surface area contributed by atoms with Gasteiger partial charge in [-0.25, -0.2) is 0 Å². The fourth-order valence-electron chi connectivity index (χ4n) is 1.44. The van der Waals surface area contributed by atoms with Gasteiger partial charge in [-0.05, 0) is 19.1 Å². The standard InChI is InChI=1S/C13H18N2OS2/c1-10(8-12(14)17)15(2)13(16)9-18-11-6-4-3-5-7-11/h3-7,10H,8-9H2,1-2H3,(H2,14,17). The molecular weight excluding hydrogens is 264 g/mol. The van der Waals surface area contributed by atoms with E-state index in [1.807, 2.05) is 37.3 Å². The maximum absolute atomic E-state index is 12.0. The summed E-state index contributed by atoms with van der Waals surface area (Å²) in [7, 11) is 1.79. The smallest absolute Gasteiger partial charge is 0.232 e. The Bertz CT molecular complexity index is 409. The first-order valence-corrected chi connectivity index (χ1v) is 7.12. The molecule has 0 aliphatic heterocycles. The first-order valence-electron chi connectivity index (χ1n) is 5.72. The van der Waals surface area contributed by atoms with Crippen molar-refractivity contribution in [1.82, 2.24) is 4.90 Å². The van der Waals surface area contributed by atoms with Crippen molar-refractivity contribution in [2.45, 2.75) is 24.3 Å². The molecule has 1 rings (SSSR count). The quantitative estimate of drug-likeness (QED) is 0.642. The van der Waals surface area contributed by atoms with E-state index in [-0.39, 0.29) is 11.9 Å². The van der Waals surface area contributed by atoms with E-state index in [1.54, 1.807) is 11.9 Å². The highest BCUT2D eigenvalue weighted by atomic mass is 32.2. The first-order chi connectivity index (χ1) is 8.50. The van der Waals surface area contributed by atoms with Gasteiger partial charge in [-0.2, -0.15) is 0 Å². The fourth-order valence-corrected chi connectivity index (χ4v) is 2.52. The number of carbonyl (C=O) groups excluding carboxylic acids is 1. The van der Waals surface area contributed by atoms with Crippen molar-refractivity contribution in [2.75, 3.05) is 12.8 Å². The van der Waals surface area contributed by atoms with Crippen molar-refractivity contribution in [2.24, 2.45) is 5.73 Å². The zero-order valence-electron chi connectivity index (χ0n) is 10.6. The van der Waals surface area contributed by atoms with Crippen LogP contribution in [0, 0.1) is 0 Å². The van der Waals surface area contributed by atoms with Crippen LogP contribution in [-0.4, -0.2) is 34.6 Å². The molecule has 1 amide bonds. The van der Waals surface area contributed by atoms with Gasteiger partial charge in [0.15, 0.2) is 0 Å². The average molecular weight is 282 g/mol. The molecule has 0 aliphatic rings. The van der Waals surface area contributed by atoms with Gasteiger partial charge in [-0.1, -0.05) is 30.4 Å². The highest BCUT2D eigenvalue weighted by Gasteiger charge is 2.16. The van der Waals surface area contributed by atoms with Crippen molar-refractivity contribution in [1.29, 1.82) is 0 Å². The Balaban J connectivity index is 2.43. The third-order valence-corrected chi connectivity index (χ3v) is 3.82. The summed E-state index contributed by atoms with van der Waals surface area (Å²) in [4.78, 5) is 15.2. The Morgan fingerprint density at radius 2 is 2.06 bits per heavy atom. The van der Waals surface area contributed by atoms with Crippen molar-refractivity contribution in [3.63, 3.8) is 0 Å². The second-order valence-corrected chi connectivity index (χ2v) is 5.70. The predicted octanol–water partition coefficient (Wildman–Crippen LogP) is 2.30. The van der Waals surface area contributed by atoms with Crippen molar-refractivity contribution < 1.29 is 4.79 Å². The Labute approximate surface area is 118 Å². The summed E-state index contributed by atoms with van der Waals surface area (Å²) in [5, 5.41) is 0. The van der Waals surface area contributed by atoms with E-state index in [2.05, 4.69) is 0 Å². The SMILES string of the molecule is CC(CC(N)=S)N(C)C(=O)CSc1ccccc1. The van der Waals surface area contributed by atoms with E-state index >= 15 is 0 Å². The average Bonchev–Trinajstić information content (AvgIpc) is 2.35. The zero-order chi connectivity index (χ0) is 13.5. The van der Waals surface area contributed by atoms with Gasteiger partial charge in [0, 0.05) is 24.4 Å². The van der Waals surface area contributed by atoms with Gasteiger partial charge in [0.25, 0.3) is 0 Å². The number of thiocarbonyl (C=S) groups is 1. The molecule has 2 N–H and O–H groups in total. The minimum Gasteiger partial charge on any atom is -0.393 e. The van der Waals surface area contributed by atoms with Crippen LogP contribution in [0.2, 0.25) is 0 Å². The lowest BCUT2D eigenvalue weighted by Gasteiger charge is -2.24. The molecule has 1 atom stereocenters. The molecule has 0 fully saturated rings. The molecule has 0 aromatic heterocycles. The molecule has 0 saturated carbocycles. The third-order valence-electron chi connectivity index (χ3n) is 2.66. The van der Waals surface area contributed by atoms with Crippen LogP contribution in [0.15, 0.2) is 35.2 Å². The summed E-state index contributed by atoms with van der Waals surface area (Å²) in [5.41, 5.74) is 5.48. The molecule has 1 aromatic rings. The number of carbonyl (C=O) groups is 1. The van der Waals surface area contributed by atoms with Crippen LogP contribution >= 0.6 is 24.0 Å². The highest BCUT2D eigenvalue weighted by molar-refractivity contribution is 8.00. The molecule has 5 heteroatoms. The zero-order valence-corrected chi connectivity index (χ0v) is 12.3. The minimum absolute atomic E-state index is 0.0476. The Hall–Kier alpha value is -1.07. The summed E-state index contributed by atoms with van der Waals surface area (Å²) in [6.07, 6.45) is 0.563. The van der Waals surface area contributed by atoms with Crippen LogP contribution in [0.5, 0.6) is 0 Å². The van der Waals surface area contributed by atoms with Gasteiger partial charge in [0.05, 0.1) is 10.7 Å². The Morgan fingerprint density at radius 3 is 2.61 bits per heavy atom.